The molecule has 0 saturated heterocycles. The van der Waals surface area contributed by atoms with Crippen LogP contribution in [-0.4, -0.2) is 29.8 Å². The van der Waals surface area contributed by atoms with Crippen LogP contribution < -0.4 is 0 Å². The number of hydrogen-bond acceptors (Lipinski definition) is 4. The van der Waals surface area contributed by atoms with Crippen LogP contribution in [0.5, 0.6) is 0 Å². The highest BCUT2D eigenvalue weighted by atomic mass is 19.1. The molecule has 0 radical (unpaired) electrons. The van der Waals surface area contributed by atoms with Gasteiger partial charge in [0, 0.05) is 0 Å². The van der Waals surface area contributed by atoms with Gasteiger partial charge in [-0.15, -0.1) is 5.10 Å². The number of aryl methyl sites for hydroxylation is 3. The second-order valence-corrected chi connectivity index (χ2v) is 5.73. The number of aromatic nitrogens is 6. The van der Waals surface area contributed by atoms with Gasteiger partial charge in [-0.05, 0) is 51.0 Å². The van der Waals surface area contributed by atoms with E-state index in [1.807, 2.05) is 33.9 Å². The van der Waals surface area contributed by atoms with Gasteiger partial charge >= 0.3 is 0 Å². The maximum Gasteiger partial charge on any atom is 0.147 e. The predicted molar refractivity (Wildman–Crippen MR) is 83.6 cm³/mol. The van der Waals surface area contributed by atoms with E-state index in [-0.39, 0.29) is 11.9 Å². The first-order valence-electron chi connectivity index (χ1n) is 7.49. The van der Waals surface area contributed by atoms with E-state index < -0.39 is 0 Å². The van der Waals surface area contributed by atoms with Crippen LogP contribution >= 0.6 is 0 Å². The second kappa shape index (κ2) is 5.91. The Hall–Kier alpha value is -2.57. The third kappa shape index (κ3) is 3.13. The fraction of sp³-hybridized carbons (Fsp3) is 0.375. The maximum absolute atomic E-state index is 13.2. The van der Waals surface area contributed by atoms with Gasteiger partial charge in [0.05, 0.1) is 18.8 Å². The van der Waals surface area contributed by atoms with Gasteiger partial charge in [-0.25, -0.2) is 18.7 Å². The van der Waals surface area contributed by atoms with E-state index in [2.05, 4.69) is 20.4 Å². The van der Waals surface area contributed by atoms with Crippen molar-refractivity contribution < 1.29 is 4.39 Å². The van der Waals surface area contributed by atoms with Crippen molar-refractivity contribution in [1.29, 1.82) is 0 Å². The molecule has 120 valence electrons. The van der Waals surface area contributed by atoms with Gasteiger partial charge in [0.25, 0.3) is 0 Å². The summed E-state index contributed by atoms with van der Waals surface area (Å²) in [4.78, 5) is 4.28. The Morgan fingerprint density at radius 2 is 2.00 bits per heavy atom. The van der Waals surface area contributed by atoms with E-state index in [1.165, 1.54) is 12.1 Å². The topological polar surface area (TPSA) is 61.4 Å². The molecule has 7 heteroatoms. The summed E-state index contributed by atoms with van der Waals surface area (Å²) in [5.74, 6) is 1.36. The van der Waals surface area contributed by atoms with Gasteiger partial charge in [-0.1, -0.05) is 11.3 Å². The molecule has 0 aliphatic rings. The highest BCUT2D eigenvalue weighted by Gasteiger charge is 2.14. The van der Waals surface area contributed by atoms with E-state index in [0.29, 0.717) is 6.54 Å². The maximum atomic E-state index is 13.2. The average molecular weight is 314 g/mol. The van der Waals surface area contributed by atoms with E-state index >= 15 is 0 Å². The van der Waals surface area contributed by atoms with Crippen molar-refractivity contribution in [1.82, 2.24) is 29.8 Å². The molecule has 0 bridgehead atoms. The Kier molecular flexibility index (Phi) is 3.94. The first-order valence-corrected chi connectivity index (χ1v) is 7.49. The summed E-state index contributed by atoms with van der Waals surface area (Å²) in [5.41, 5.74) is 2.73. The van der Waals surface area contributed by atoms with Crippen LogP contribution in [-0.2, 0) is 6.54 Å². The van der Waals surface area contributed by atoms with Crippen molar-refractivity contribution in [3.05, 3.63) is 58.7 Å². The third-order valence-electron chi connectivity index (χ3n) is 3.91. The average Bonchev–Trinajstić information content (AvgIpc) is 3.06. The lowest BCUT2D eigenvalue weighted by Gasteiger charge is -2.14. The monoisotopic (exact) mass is 314 g/mol. The number of hydrogen-bond donors (Lipinski definition) is 0. The fourth-order valence-electron chi connectivity index (χ4n) is 2.69. The zero-order valence-electron chi connectivity index (χ0n) is 13.7. The molecule has 3 aromatic rings. The third-order valence-corrected chi connectivity index (χ3v) is 3.91. The molecule has 1 atom stereocenters. The lowest BCUT2D eigenvalue weighted by Crippen LogP contribution is -2.09. The van der Waals surface area contributed by atoms with Gasteiger partial charge in [0.1, 0.15) is 23.2 Å². The number of benzene rings is 1. The Bertz CT molecular complexity index is 835. The standard InChI is InChI=1S/C16H19FN6/c1-10-7-14(17)5-6-16(10)11(2)22-8-15(19-21-22)9-23-13(4)18-12(3)20-23/h5-8,11H,9H2,1-4H3/t11-/m0/s1. The van der Waals surface area contributed by atoms with Gasteiger partial charge in [-0.2, -0.15) is 5.10 Å². The lowest BCUT2D eigenvalue weighted by atomic mass is 10.0. The molecule has 2 aromatic heterocycles. The quantitative estimate of drug-likeness (QED) is 0.742. The van der Waals surface area contributed by atoms with Crippen molar-refractivity contribution in [2.24, 2.45) is 0 Å². The fourth-order valence-corrected chi connectivity index (χ4v) is 2.69. The molecule has 0 aliphatic carbocycles. The Morgan fingerprint density at radius 3 is 2.65 bits per heavy atom. The zero-order chi connectivity index (χ0) is 16.6. The van der Waals surface area contributed by atoms with Gasteiger partial charge in [0.15, 0.2) is 0 Å². The van der Waals surface area contributed by atoms with Crippen molar-refractivity contribution in [3.63, 3.8) is 0 Å². The minimum atomic E-state index is -0.227. The molecule has 0 amide bonds. The molecule has 0 N–H and O–H groups in total. The molecule has 2 heterocycles. The molecular formula is C16H19FN6. The second-order valence-electron chi connectivity index (χ2n) is 5.73. The Balaban J connectivity index is 1.82. The predicted octanol–water partition coefficient (Wildman–Crippen LogP) is 2.59. The molecule has 0 aliphatic heterocycles. The first-order chi connectivity index (χ1) is 10.9. The van der Waals surface area contributed by atoms with Crippen LogP contribution in [0.15, 0.2) is 24.4 Å². The van der Waals surface area contributed by atoms with E-state index in [9.17, 15) is 4.39 Å². The lowest BCUT2D eigenvalue weighted by molar-refractivity contribution is 0.538. The molecule has 1 aromatic carbocycles. The van der Waals surface area contributed by atoms with E-state index in [4.69, 9.17) is 0 Å². The summed E-state index contributed by atoms with van der Waals surface area (Å²) in [6.07, 6.45) is 1.89. The van der Waals surface area contributed by atoms with E-state index in [1.54, 1.807) is 15.4 Å². The van der Waals surface area contributed by atoms with Crippen LogP contribution in [0.2, 0.25) is 0 Å². The summed E-state index contributed by atoms with van der Waals surface area (Å²) in [6, 6.07) is 4.78. The van der Waals surface area contributed by atoms with Crippen molar-refractivity contribution in [3.8, 4) is 0 Å². The number of halogens is 1. The Morgan fingerprint density at radius 1 is 1.22 bits per heavy atom. The summed E-state index contributed by atoms with van der Waals surface area (Å²) >= 11 is 0. The number of rotatable bonds is 4. The van der Waals surface area contributed by atoms with E-state index in [0.717, 1.165) is 28.5 Å². The molecule has 23 heavy (non-hydrogen) atoms. The molecule has 0 saturated carbocycles. The summed E-state index contributed by atoms with van der Waals surface area (Å²) in [6.45, 7) is 8.22. The van der Waals surface area contributed by atoms with Gasteiger partial charge in [-0.3, -0.25) is 0 Å². The van der Waals surface area contributed by atoms with Crippen LogP contribution in [0.4, 0.5) is 4.39 Å². The van der Waals surface area contributed by atoms with Gasteiger partial charge < -0.3 is 0 Å². The molecular weight excluding hydrogens is 295 g/mol. The molecule has 0 unspecified atom stereocenters. The summed E-state index contributed by atoms with van der Waals surface area (Å²) < 4.78 is 16.8. The molecule has 0 spiro atoms. The molecule has 0 fully saturated rings. The van der Waals surface area contributed by atoms with Crippen LogP contribution in [0, 0.1) is 26.6 Å². The van der Waals surface area contributed by atoms with Crippen molar-refractivity contribution in [2.45, 2.75) is 40.3 Å². The highest BCUT2D eigenvalue weighted by Crippen LogP contribution is 2.21. The first kappa shape index (κ1) is 15.3. The minimum Gasteiger partial charge on any atom is -0.245 e. The zero-order valence-corrected chi connectivity index (χ0v) is 13.7. The smallest absolute Gasteiger partial charge is 0.147 e. The van der Waals surface area contributed by atoms with Crippen molar-refractivity contribution in [2.75, 3.05) is 0 Å². The van der Waals surface area contributed by atoms with Crippen LogP contribution in [0.3, 0.4) is 0 Å². The molecule has 3 rings (SSSR count). The number of nitrogens with zero attached hydrogens (tertiary/aromatic N) is 6. The summed E-state index contributed by atoms with van der Waals surface area (Å²) in [7, 11) is 0. The highest BCUT2D eigenvalue weighted by molar-refractivity contribution is 5.29. The minimum absolute atomic E-state index is 0.0181. The summed E-state index contributed by atoms with van der Waals surface area (Å²) in [5, 5.41) is 12.7. The van der Waals surface area contributed by atoms with Crippen LogP contribution in [0.1, 0.15) is 41.4 Å². The Labute approximate surface area is 134 Å². The SMILES string of the molecule is Cc1nc(C)n(Cc2cn([C@@H](C)c3ccc(F)cc3C)nn2)n1. The normalized spacial score (nSPS) is 12.6. The van der Waals surface area contributed by atoms with Gasteiger partial charge in [0.2, 0.25) is 0 Å². The van der Waals surface area contributed by atoms with Crippen LogP contribution in [0.25, 0.3) is 0 Å². The molecule has 6 nitrogen and oxygen atoms in total. The van der Waals surface area contributed by atoms with Crippen molar-refractivity contribution >= 4 is 0 Å². The largest absolute Gasteiger partial charge is 0.245 e.